The van der Waals surface area contributed by atoms with E-state index in [4.69, 9.17) is 4.74 Å². The molecule has 1 unspecified atom stereocenters. The Morgan fingerprint density at radius 3 is 2.40 bits per heavy atom. The molecule has 1 N–H and O–H groups in total. The van der Waals surface area contributed by atoms with Gasteiger partial charge in [-0.2, -0.15) is 0 Å². The summed E-state index contributed by atoms with van der Waals surface area (Å²) < 4.78 is 5.62. The highest BCUT2D eigenvalue weighted by Gasteiger charge is 2.38. The zero-order chi connectivity index (χ0) is 11.1. The molecule has 1 rings (SSSR count). The molecule has 0 aromatic heterocycles. The van der Waals surface area contributed by atoms with Gasteiger partial charge in [-0.25, -0.2) is 0 Å². The highest BCUT2D eigenvalue weighted by molar-refractivity contribution is 4.90. The third-order valence-electron chi connectivity index (χ3n) is 3.79. The van der Waals surface area contributed by atoms with E-state index >= 15 is 0 Å². The standard InChI is InChI=1S/C13H26O2/c1-3-4-6-9-12(14)13(15-2)10-7-5-8-11-13/h12,14H,3-11H2,1-2H3. The molecule has 1 aliphatic carbocycles. The Morgan fingerprint density at radius 2 is 1.87 bits per heavy atom. The fourth-order valence-electron chi connectivity index (χ4n) is 2.67. The van der Waals surface area contributed by atoms with Gasteiger partial charge in [0, 0.05) is 7.11 Å². The number of aliphatic hydroxyl groups is 1. The van der Waals surface area contributed by atoms with Gasteiger partial charge in [-0.05, 0) is 19.3 Å². The zero-order valence-electron chi connectivity index (χ0n) is 10.3. The molecule has 1 atom stereocenters. The maximum absolute atomic E-state index is 10.2. The molecular formula is C13H26O2. The number of ether oxygens (including phenoxy) is 1. The first kappa shape index (κ1) is 13.0. The lowest BCUT2D eigenvalue weighted by atomic mass is 9.79. The van der Waals surface area contributed by atoms with Gasteiger partial charge in [-0.3, -0.25) is 0 Å². The van der Waals surface area contributed by atoms with Crippen LogP contribution in [0.25, 0.3) is 0 Å². The monoisotopic (exact) mass is 214 g/mol. The van der Waals surface area contributed by atoms with E-state index in [-0.39, 0.29) is 11.7 Å². The molecule has 2 nitrogen and oxygen atoms in total. The Bertz CT molecular complexity index is 162. The molecule has 0 bridgehead atoms. The van der Waals surface area contributed by atoms with Gasteiger partial charge < -0.3 is 9.84 Å². The van der Waals surface area contributed by atoms with Crippen molar-refractivity contribution in [1.29, 1.82) is 0 Å². The fourth-order valence-corrected chi connectivity index (χ4v) is 2.67. The lowest BCUT2D eigenvalue weighted by Crippen LogP contribution is -2.45. The summed E-state index contributed by atoms with van der Waals surface area (Å²) in [5.41, 5.74) is -0.216. The van der Waals surface area contributed by atoms with E-state index in [0.29, 0.717) is 0 Å². The summed E-state index contributed by atoms with van der Waals surface area (Å²) in [6, 6.07) is 0. The topological polar surface area (TPSA) is 29.5 Å². The van der Waals surface area contributed by atoms with E-state index in [2.05, 4.69) is 6.92 Å². The third kappa shape index (κ3) is 3.46. The van der Waals surface area contributed by atoms with Crippen molar-refractivity contribution < 1.29 is 9.84 Å². The van der Waals surface area contributed by atoms with Gasteiger partial charge in [0.25, 0.3) is 0 Å². The number of rotatable bonds is 6. The van der Waals surface area contributed by atoms with Crippen LogP contribution in [-0.2, 0) is 4.74 Å². The van der Waals surface area contributed by atoms with Crippen molar-refractivity contribution in [2.75, 3.05) is 7.11 Å². The summed E-state index contributed by atoms with van der Waals surface area (Å²) in [6.07, 6.45) is 10.0. The molecule has 1 saturated carbocycles. The van der Waals surface area contributed by atoms with E-state index in [1.807, 2.05) is 0 Å². The Morgan fingerprint density at radius 1 is 1.20 bits per heavy atom. The van der Waals surface area contributed by atoms with Crippen LogP contribution in [0.3, 0.4) is 0 Å². The predicted molar refractivity (Wildman–Crippen MR) is 63.0 cm³/mol. The van der Waals surface area contributed by atoms with Gasteiger partial charge in [0.2, 0.25) is 0 Å². The number of aliphatic hydroxyl groups excluding tert-OH is 1. The molecule has 0 heterocycles. The second kappa shape index (κ2) is 6.49. The van der Waals surface area contributed by atoms with Gasteiger partial charge in [-0.1, -0.05) is 45.4 Å². The minimum absolute atomic E-state index is 0.216. The van der Waals surface area contributed by atoms with E-state index < -0.39 is 0 Å². The van der Waals surface area contributed by atoms with Crippen LogP contribution in [0.15, 0.2) is 0 Å². The molecule has 90 valence electrons. The van der Waals surface area contributed by atoms with Crippen LogP contribution in [0, 0.1) is 0 Å². The van der Waals surface area contributed by atoms with Crippen molar-refractivity contribution in [3.63, 3.8) is 0 Å². The van der Waals surface area contributed by atoms with Crippen molar-refractivity contribution in [3.05, 3.63) is 0 Å². The smallest absolute Gasteiger partial charge is 0.0936 e. The molecule has 0 spiro atoms. The highest BCUT2D eigenvalue weighted by Crippen LogP contribution is 2.35. The first-order valence-electron chi connectivity index (χ1n) is 6.48. The molecule has 1 fully saturated rings. The predicted octanol–water partition coefficient (Wildman–Crippen LogP) is 3.28. The van der Waals surface area contributed by atoms with Crippen molar-refractivity contribution in [1.82, 2.24) is 0 Å². The van der Waals surface area contributed by atoms with Gasteiger partial charge in [-0.15, -0.1) is 0 Å². The lowest BCUT2D eigenvalue weighted by molar-refractivity contribution is -0.125. The Labute approximate surface area is 94.0 Å². The molecule has 0 aromatic rings. The maximum Gasteiger partial charge on any atom is 0.0936 e. The first-order chi connectivity index (χ1) is 7.25. The number of methoxy groups -OCH3 is 1. The Kier molecular flexibility index (Phi) is 5.62. The second-order valence-corrected chi connectivity index (χ2v) is 4.84. The number of unbranched alkanes of at least 4 members (excludes halogenated alkanes) is 2. The largest absolute Gasteiger partial charge is 0.390 e. The zero-order valence-corrected chi connectivity index (χ0v) is 10.3. The molecule has 0 saturated heterocycles. The van der Waals surface area contributed by atoms with Crippen molar-refractivity contribution >= 4 is 0 Å². The third-order valence-corrected chi connectivity index (χ3v) is 3.79. The first-order valence-corrected chi connectivity index (χ1v) is 6.48. The van der Waals surface area contributed by atoms with Crippen LogP contribution in [0.5, 0.6) is 0 Å². The molecule has 0 radical (unpaired) electrons. The van der Waals surface area contributed by atoms with E-state index in [1.165, 1.54) is 32.1 Å². The van der Waals surface area contributed by atoms with Crippen LogP contribution in [0.4, 0.5) is 0 Å². The number of hydrogen-bond acceptors (Lipinski definition) is 2. The summed E-state index contributed by atoms with van der Waals surface area (Å²) in [5.74, 6) is 0. The molecule has 0 aliphatic heterocycles. The van der Waals surface area contributed by atoms with Gasteiger partial charge >= 0.3 is 0 Å². The summed E-state index contributed by atoms with van der Waals surface area (Å²) in [4.78, 5) is 0. The SMILES string of the molecule is CCCCCC(O)C1(OC)CCCCC1. The highest BCUT2D eigenvalue weighted by atomic mass is 16.5. The molecule has 0 amide bonds. The average molecular weight is 214 g/mol. The van der Waals surface area contributed by atoms with Crippen molar-refractivity contribution in [3.8, 4) is 0 Å². The van der Waals surface area contributed by atoms with Gasteiger partial charge in [0.05, 0.1) is 11.7 Å². The van der Waals surface area contributed by atoms with E-state index in [1.54, 1.807) is 7.11 Å². The fraction of sp³-hybridized carbons (Fsp3) is 1.00. The molecule has 2 heteroatoms. The summed E-state index contributed by atoms with van der Waals surface area (Å²) in [6.45, 7) is 2.19. The molecule has 0 aromatic carbocycles. The van der Waals surface area contributed by atoms with Gasteiger partial charge in [0.15, 0.2) is 0 Å². The quantitative estimate of drug-likeness (QED) is 0.688. The normalized spacial score (nSPS) is 22.6. The lowest BCUT2D eigenvalue weighted by Gasteiger charge is -2.40. The van der Waals surface area contributed by atoms with Crippen molar-refractivity contribution in [2.24, 2.45) is 0 Å². The van der Waals surface area contributed by atoms with Crippen molar-refractivity contribution in [2.45, 2.75) is 76.4 Å². The summed E-state index contributed by atoms with van der Waals surface area (Å²) in [5, 5.41) is 10.2. The number of hydrogen-bond donors (Lipinski definition) is 1. The Hall–Kier alpha value is -0.0800. The maximum atomic E-state index is 10.2. The molecular weight excluding hydrogens is 188 g/mol. The Balaban J connectivity index is 2.40. The van der Waals surface area contributed by atoms with Crippen LogP contribution in [0.2, 0.25) is 0 Å². The molecule has 15 heavy (non-hydrogen) atoms. The van der Waals surface area contributed by atoms with E-state index in [9.17, 15) is 5.11 Å². The second-order valence-electron chi connectivity index (χ2n) is 4.84. The summed E-state index contributed by atoms with van der Waals surface area (Å²) >= 11 is 0. The van der Waals surface area contributed by atoms with Crippen LogP contribution in [-0.4, -0.2) is 23.9 Å². The minimum atomic E-state index is -0.255. The van der Waals surface area contributed by atoms with Gasteiger partial charge in [0.1, 0.15) is 0 Å². The minimum Gasteiger partial charge on any atom is -0.390 e. The van der Waals surface area contributed by atoms with E-state index in [0.717, 1.165) is 25.7 Å². The molecule has 1 aliphatic rings. The average Bonchev–Trinajstić information content (AvgIpc) is 2.30. The van der Waals surface area contributed by atoms with Crippen LogP contribution >= 0.6 is 0 Å². The van der Waals surface area contributed by atoms with Crippen LogP contribution < -0.4 is 0 Å². The summed E-state index contributed by atoms with van der Waals surface area (Å²) in [7, 11) is 1.76. The van der Waals surface area contributed by atoms with Crippen LogP contribution in [0.1, 0.15) is 64.7 Å².